The first-order chi connectivity index (χ1) is 8.24. The van der Waals surface area contributed by atoms with Gasteiger partial charge in [0.15, 0.2) is 5.65 Å². The number of rotatable bonds is 1. The van der Waals surface area contributed by atoms with E-state index in [4.69, 9.17) is 23.2 Å². The molecule has 0 radical (unpaired) electrons. The first-order valence-corrected chi connectivity index (χ1v) is 5.63. The molecule has 0 unspecified atom stereocenters. The second-order valence-electron chi connectivity index (χ2n) is 3.42. The molecule has 3 heterocycles. The predicted molar refractivity (Wildman–Crippen MR) is 66.2 cm³/mol. The fourth-order valence-corrected chi connectivity index (χ4v) is 2.02. The average molecular weight is 265 g/mol. The molecule has 0 N–H and O–H groups in total. The van der Waals surface area contributed by atoms with Crippen molar-refractivity contribution in [3.63, 3.8) is 0 Å². The molecule has 4 nitrogen and oxygen atoms in total. The van der Waals surface area contributed by atoms with E-state index in [-0.39, 0.29) is 0 Å². The molecule has 0 spiro atoms. The number of pyridine rings is 1. The standard InChI is InChI=1S/C11H6Cl2N4/c12-9-6-10(13)17-11(15-9)5-8(16-17)7-3-1-2-4-14-7/h1-6H. The van der Waals surface area contributed by atoms with Crippen LogP contribution in [0, 0.1) is 0 Å². The van der Waals surface area contributed by atoms with Crippen molar-refractivity contribution in [3.8, 4) is 11.4 Å². The molecule has 0 bridgehead atoms. The van der Waals surface area contributed by atoms with Crippen LogP contribution >= 0.6 is 23.2 Å². The molecule has 0 aliphatic carbocycles. The van der Waals surface area contributed by atoms with Gasteiger partial charge in [-0.1, -0.05) is 29.3 Å². The largest absolute Gasteiger partial charge is 0.255 e. The Kier molecular flexibility index (Phi) is 2.46. The highest BCUT2D eigenvalue weighted by molar-refractivity contribution is 6.33. The maximum absolute atomic E-state index is 6.02. The fourth-order valence-electron chi connectivity index (χ4n) is 1.55. The van der Waals surface area contributed by atoms with Crippen LogP contribution in [0.2, 0.25) is 10.3 Å². The highest BCUT2D eigenvalue weighted by Gasteiger charge is 2.09. The summed E-state index contributed by atoms with van der Waals surface area (Å²) < 4.78 is 1.53. The van der Waals surface area contributed by atoms with E-state index >= 15 is 0 Å². The summed E-state index contributed by atoms with van der Waals surface area (Å²) in [5, 5.41) is 5.09. The number of halogens is 2. The van der Waals surface area contributed by atoms with E-state index in [0.717, 1.165) is 5.69 Å². The summed E-state index contributed by atoms with van der Waals surface area (Å²) in [7, 11) is 0. The Morgan fingerprint density at radius 3 is 2.71 bits per heavy atom. The summed E-state index contributed by atoms with van der Waals surface area (Å²) in [5.41, 5.74) is 2.08. The minimum Gasteiger partial charge on any atom is -0.255 e. The summed E-state index contributed by atoms with van der Waals surface area (Å²) in [6.07, 6.45) is 1.71. The maximum atomic E-state index is 6.02. The van der Waals surface area contributed by atoms with Crippen molar-refractivity contribution in [2.75, 3.05) is 0 Å². The Morgan fingerprint density at radius 1 is 1.06 bits per heavy atom. The Morgan fingerprint density at radius 2 is 1.94 bits per heavy atom. The van der Waals surface area contributed by atoms with Crippen molar-refractivity contribution < 1.29 is 0 Å². The van der Waals surface area contributed by atoms with E-state index in [2.05, 4.69) is 15.1 Å². The number of nitrogens with zero attached hydrogens (tertiary/aromatic N) is 4. The molecule has 0 saturated heterocycles. The van der Waals surface area contributed by atoms with Crippen molar-refractivity contribution >= 4 is 28.8 Å². The quantitative estimate of drug-likeness (QED) is 0.635. The predicted octanol–water partition coefficient (Wildman–Crippen LogP) is 3.10. The average Bonchev–Trinajstić information content (AvgIpc) is 2.74. The zero-order chi connectivity index (χ0) is 11.8. The molecule has 3 aromatic heterocycles. The zero-order valence-corrected chi connectivity index (χ0v) is 10.0. The highest BCUT2D eigenvalue weighted by Crippen LogP contribution is 2.21. The molecule has 17 heavy (non-hydrogen) atoms. The molecule has 0 aliphatic heterocycles. The molecule has 0 amide bonds. The van der Waals surface area contributed by atoms with Crippen molar-refractivity contribution in [2.24, 2.45) is 0 Å². The molecular formula is C11H6Cl2N4. The Hall–Kier alpha value is -1.65. The molecule has 84 valence electrons. The summed E-state index contributed by atoms with van der Waals surface area (Å²) >= 11 is 11.8. The maximum Gasteiger partial charge on any atom is 0.159 e. The molecular weight excluding hydrogens is 259 g/mol. The third-order valence-electron chi connectivity index (χ3n) is 2.28. The third kappa shape index (κ3) is 1.85. The van der Waals surface area contributed by atoms with Gasteiger partial charge in [0.05, 0.1) is 5.69 Å². The minimum absolute atomic E-state index is 0.343. The second-order valence-corrected chi connectivity index (χ2v) is 4.19. The van der Waals surface area contributed by atoms with Crippen molar-refractivity contribution in [1.82, 2.24) is 19.6 Å². The zero-order valence-electron chi connectivity index (χ0n) is 8.51. The molecule has 0 fully saturated rings. The summed E-state index contributed by atoms with van der Waals surface area (Å²) in [5.74, 6) is 0. The van der Waals surface area contributed by atoms with Crippen LogP contribution in [0.25, 0.3) is 17.0 Å². The normalized spacial score (nSPS) is 10.9. The molecule has 0 atom stereocenters. The third-order valence-corrected chi connectivity index (χ3v) is 2.74. The molecule has 0 aliphatic rings. The van der Waals surface area contributed by atoms with E-state index in [1.54, 1.807) is 18.3 Å². The fraction of sp³-hybridized carbons (Fsp3) is 0. The number of fused-ring (bicyclic) bond motifs is 1. The van der Waals surface area contributed by atoms with Gasteiger partial charge in [0.1, 0.15) is 16.0 Å². The number of hydrogen-bond donors (Lipinski definition) is 0. The second kappa shape index (κ2) is 3.98. The van der Waals surface area contributed by atoms with Crippen LogP contribution in [0.3, 0.4) is 0 Å². The number of hydrogen-bond acceptors (Lipinski definition) is 3. The van der Waals surface area contributed by atoms with E-state index in [0.29, 0.717) is 21.6 Å². The summed E-state index contributed by atoms with van der Waals surface area (Å²) in [4.78, 5) is 8.35. The van der Waals surface area contributed by atoms with Crippen LogP contribution in [-0.4, -0.2) is 19.6 Å². The van der Waals surface area contributed by atoms with Crippen LogP contribution in [0.1, 0.15) is 0 Å². The van der Waals surface area contributed by atoms with Crippen LogP contribution in [0.15, 0.2) is 36.5 Å². The van der Waals surface area contributed by atoms with Crippen LogP contribution in [-0.2, 0) is 0 Å². The van der Waals surface area contributed by atoms with Crippen molar-refractivity contribution in [2.45, 2.75) is 0 Å². The van der Waals surface area contributed by atoms with Gasteiger partial charge < -0.3 is 0 Å². The van der Waals surface area contributed by atoms with Gasteiger partial charge in [-0.25, -0.2) is 9.50 Å². The minimum atomic E-state index is 0.343. The SMILES string of the molecule is Clc1cc(Cl)n2nc(-c3ccccn3)cc2n1. The van der Waals surface area contributed by atoms with Gasteiger partial charge in [0.25, 0.3) is 0 Å². The lowest BCUT2D eigenvalue weighted by molar-refractivity contribution is 0.941. The van der Waals surface area contributed by atoms with Crippen LogP contribution in [0.5, 0.6) is 0 Å². The van der Waals surface area contributed by atoms with Gasteiger partial charge in [-0.15, -0.1) is 0 Å². The van der Waals surface area contributed by atoms with Gasteiger partial charge in [0.2, 0.25) is 0 Å². The van der Waals surface area contributed by atoms with E-state index in [9.17, 15) is 0 Å². The monoisotopic (exact) mass is 264 g/mol. The van der Waals surface area contributed by atoms with Gasteiger partial charge in [-0.2, -0.15) is 5.10 Å². The van der Waals surface area contributed by atoms with Gasteiger partial charge in [-0.3, -0.25) is 4.98 Å². The highest BCUT2D eigenvalue weighted by atomic mass is 35.5. The van der Waals surface area contributed by atoms with E-state index in [1.165, 1.54) is 4.52 Å². The first-order valence-electron chi connectivity index (χ1n) is 4.87. The Bertz CT molecular complexity index is 679. The first kappa shape index (κ1) is 10.5. The van der Waals surface area contributed by atoms with E-state index < -0.39 is 0 Å². The van der Waals surface area contributed by atoms with Gasteiger partial charge in [0, 0.05) is 18.3 Å². The Balaban J connectivity index is 2.24. The van der Waals surface area contributed by atoms with Crippen molar-refractivity contribution in [1.29, 1.82) is 0 Å². The molecule has 6 heteroatoms. The van der Waals surface area contributed by atoms with Gasteiger partial charge in [-0.05, 0) is 12.1 Å². The smallest absolute Gasteiger partial charge is 0.159 e. The molecule has 0 saturated carbocycles. The van der Waals surface area contributed by atoms with E-state index in [1.807, 2.05) is 18.2 Å². The lowest BCUT2D eigenvalue weighted by atomic mass is 10.3. The lowest BCUT2D eigenvalue weighted by Crippen LogP contribution is -1.92. The summed E-state index contributed by atoms with van der Waals surface area (Å²) in [6, 6.07) is 8.96. The molecule has 3 aromatic rings. The van der Waals surface area contributed by atoms with Gasteiger partial charge >= 0.3 is 0 Å². The van der Waals surface area contributed by atoms with Crippen LogP contribution < -0.4 is 0 Å². The summed E-state index contributed by atoms with van der Waals surface area (Å²) in [6.45, 7) is 0. The lowest BCUT2D eigenvalue weighted by Gasteiger charge is -1.96. The number of aromatic nitrogens is 4. The molecule has 0 aromatic carbocycles. The topological polar surface area (TPSA) is 43.1 Å². The molecule has 3 rings (SSSR count). The van der Waals surface area contributed by atoms with Crippen LogP contribution in [0.4, 0.5) is 0 Å². The van der Waals surface area contributed by atoms with Crippen molar-refractivity contribution in [3.05, 3.63) is 46.8 Å². The Labute approximate surface area is 107 Å².